The van der Waals surface area contributed by atoms with Crippen LogP contribution in [-0.4, -0.2) is 97.8 Å². The lowest BCUT2D eigenvalue weighted by Gasteiger charge is -2.42. The van der Waals surface area contributed by atoms with Crippen LogP contribution < -0.4 is 21.1 Å². The van der Waals surface area contributed by atoms with E-state index in [0.717, 1.165) is 112 Å². The maximum atomic E-state index is 13.4. The number of aryl methyl sites for hydroxylation is 1. The van der Waals surface area contributed by atoms with E-state index in [9.17, 15) is 32.3 Å². The molecule has 61 heavy (non-hydrogen) atoms. The highest BCUT2D eigenvalue weighted by Crippen LogP contribution is 2.45. The van der Waals surface area contributed by atoms with Gasteiger partial charge in [0.05, 0.1) is 35.4 Å². The van der Waals surface area contributed by atoms with Gasteiger partial charge < -0.3 is 19.9 Å². The second-order valence-electron chi connectivity index (χ2n) is 17.3. The van der Waals surface area contributed by atoms with Gasteiger partial charge in [-0.05, 0) is 92.5 Å². The molecule has 0 spiro atoms. The van der Waals surface area contributed by atoms with Gasteiger partial charge in [0, 0.05) is 70.4 Å². The number of pyridine rings is 1. The summed E-state index contributed by atoms with van der Waals surface area (Å²) in [7, 11) is 3.24. The Morgan fingerprint density at radius 1 is 0.918 bits per heavy atom. The molecule has 4 aliphatic rings. The smallest absolute Gasteiger partial charge is 0.433 e. The first-order valence-electron chi connectivity index (χ1n) is 21.2. The van der Waals surface area contributed by atoms with Crippen LogP contribution in [0.25, 0.3) is 21.9 Å². The molecular formula is C44H50F3N9O5. The Labute approximate surface area is 350 Å². The number of piperidine rings is 1. The van der Waals surface area contributed by atoms with Gasteiger partial charge in [0.25, 0.3) is 5.91 Å². The van der Waals surface area contributed by atoms with Gasteiger partial charge in [0.1, 0.15) is 23.2 Å². The van der Waals surface area contributed by atoms with E-state index in [0.29, 0.717) is 41.1 Å². The highest BCUT2D eigenvalue weighted by molar-refractivity contribution is 6.05. The van der Waals surface area contributed by atoms with Crippen molar-refractivity contribution >= 4 is 45.3 Å². The number of alkyl halides is 3. The first-order valence-corrected chi connectivity index (χ1v) is 21.2. The lowest BCUT2D eigenvalue weighted by Crippen LogP contribution is -2.50. The molecule has 5 heterocycles. The maximum absolute atomic E-state index is 13.4. The molecule has 2 aromatic carbocycles. The van der Waals surface area contributed by atoms with E-state index in [2.05, 4.69) is 31.5 Å². The largest absolute Gasteiger partial charge is 0.494 e. The summed E-state index contributed by atoms with van der Waals surface area (Å²) in [5.41, 5.74) is 2.11. The van der Waals surface area contributed by atoms with E-state index in [4.69, 9.17) is 9.84 Å². The molecule has 2 aliphatic heterocycles. The van der Waals surface area contributed by atoms with E-state index in [-0.39, 0.29) is 29.8 Å². The summed E-state index contributed by atoms with van der Waals surface area (Å²) >= 11 is 0. The predicted molar refractivity (Wildman–Crippen MR) is 221 cm³/mol. The molecule has 14 nitrogen and oxygen atoms in total. The lowest BCUT2D eigenvalue weighted by molar-refractivity contribution is -0.141. The molecule has 4 fully saturated rings. The number of carbonyl (C=O) groups is 3. The van der Waals surface area contributed by atoms with Gasteiger partial charge in [-0.2, -0.15) is 18.3 Å². The van der Waals surface area contributed by atoms with Crippen LogP contribution in [0, 0.1) is 11.8 Å². The van der Waals surface area contributed by atoms with Gasteiger partial charge in [-0.3, -0.25) is 33.5 Å². The lowest BCUT2D eigenvalue weighted by atomic mass is 9.71. The minimum absolute atomic E-state index is 0.219. The molecule has 2 saturated heterocycles. The number of imide groups is 1. The number of aromatic nitrogens is 5. The van der Waals surface area contributed by atoms with Crippen molar-refractivity contribution < 1.29 is 32.3 Å². The number of para-hydroxylation sites is 1. The maximum Gasteiger partial charge on any atom is 0.433 e. The van der Waals surface area contributed by atoms with Crippen LogP contribution in [0.1, 0.15) is 91.1 Å². The van der Waals surface area contributed by atoms with Gasteiger partial charge >= 0.3 is 11.9 Å². The van der Waals surface area contributed by atoms with E-state index >= 15 is 0 Å². The fourth-order valence-corrected chi connectivity index (χ4v) is 10.1. The SMILES string of the molecule is COc1cc2nn(C3CCC(CN4CCN(CC5CC(c6cccc7c6n(C)c(=O)n7C6CCC(=O)NC6=O)C5)CC4)CC3)cc2cc1NC(=O)c1cccc(C(F)(F)F)n1. The molecule has 3 amide bonds. The number of hydrogen-bond acceptors (Lipinski definition) is 9. The van der Waals surface area contributed by atoms with Crippen molar-refractivity contribution in [2.75, 3.05) is 51.7 Å². The molecule has 1 atom stereocenters. The van der Waals surface area contributed by atoms with Gasteiger partial charge in [-0.1, -0.05) is 18.2 Å². The van der Waals surface area contributed by atoms with Crippen molar-refractivity contribution in [3.05, 3.63) is 82.2 Å². The number of rotatable bonds is 10. The third-order valence-electron chi connectivity index (χ3n) is 13.4. The van der Waals surface area contributed by atoms with Crippen LogP contribution in [0.3, 0.4) is 0 Å². The van der Waals surface area contributed by atoms with Crippen LogP contribution in [-0.2, 0) is 22.8 Å². The molecule has 322 valence electrons. The number of piperazine rings is 1. The fraction of sp³-hybridized carbons (Fsp3) is 0.500. The van der Waals surface area contributed by atoms with Crippen LogP contribution in [0.5, 0.6) is 5.75 Å². The molecule has 2 N–H and O–H groups in total. The van der Waals surface area contributed by atoms with E-state index in [1.54, 1.807) is 28.3 Å². The highest BCUT2D eigenvalue weighted by Gasteiger charge is 2.37. The number of anilines is 1. The molecule has 2 aliphatic carbocycles. The third-order valence-corrected chi connectivity index (χ3v) is 13.4. The molecule has 0 radical (unpaired) electrons. The highest BCUT2D eigenvalue weighted by atomic mass is 19.4. The number of methoxy groups -OCH3 is 1. The van der Waals surface area contributed by atoms with Crippen molar-refractivity contribution in [3.63, 3.8) is 0 Å². The van der Waals surface area contributed by atoms with Crippen LogP contribution >= 0.6 is 0 Å². The summed E-state index contributed by atoms with van der Waals surface area (Å²) in [6.07, 6.45) is 4.20. The summed E-state index contributed by atoms with van der Waals surface area (Å²) in [5, 5.41) is 10.7. The number of amides is 3. The standard InChI is InChI=1S/C44H50F3N9O5/c1-52-40-31(5-3-7-35(40)56(43(52)60)36-13-14-39(57)50-42(36)59)28-19-27(20-28)24-54-17-15-53(16-18-54)23-26-9-11-30(12-10-26)55-25-29-21-34(37(61-2)22-33(29)51-55)49-41(58)32-6-4-8-38(48-32)44(45,46)47/h3-8,21-22,25-28,30,36H,9-20,23-24H2,1-2H3,(H,49,58)(H,50,57,59). The molecule has 5 aromatic rings. The Kier molecular flexibility index (Phi) is 11.0. The van der Waals surface area contributed by atoms with Crippen molar-refractivity contribution in [1.82, 2.24) is 39.0 Å². The zero-order chi connectivity index (χ0) is 42.6. The molecule has 3 aromatic heterocycles. The molecular weight excluding hydrogens is 792 g/mol. The number of ether oxygens (including phenoxy) is 1. The minimum atomic E-state index is -4.66. The second-order valence-corrected chi connectivity index (χ2v) is 17.3. The average Bonchev–Trinajstić information content (AvgIpc) is 3.76. The van der Waals surface area contributed by atoms with E-state index < -0.39 is 29.7 Å². The monoisotopic (exact) mass is 841 g/mol. The summed E-state index contributed by atoms with van der Waals surface area (Å²) in [5.74, 6) is 0.447. The zero-order valence-electron chi connectivity index (χ0n) is 34.3. The second kappa shape index (κ2) is 16.4. The molecule has 2 saturated carbocycles. The number of nitrogens with zero attached hydrogens (tertiary/aromatic N) is 7. The predicted octanol–water partition coefficient (Wildman–Crippen LogP) is 5.88. The van der Waals surface area contributed by atoms with Crippen molar-refractivity contribution in [3.8, 4) is 5.75 Å². The minimum Gasteiger partial charge on any atom is -0.494 e. The summed E-state index contributed by atoms with van der Waals surface area (Å²) in [6, 6.07) is 12.2. The first kappa shape index (κ1) is 40.8. The van der Waals surface area contributed by atoms with Gasteiger partial charge in [0.2, 0.25) is 11.8 Å². The van der Waals surface area contributed by atoms with Crippen LogP contribution in [0.4, 0.5) is 18.9 Å². The Balaban J connectivity index is 0.741. The van der Waals surface area contributed by atoms with Gasteiger partial charge in [0.15, 0.2) is 0 Å². The molecule has 9 rings (SSSR count). The van der Waals surface area contributed by atoms with Crippen molar-refractivity contribution in [1.29, 1.82) is 0 Å². The number of fused-ring (bicyclic) bond motifs is 2. The Bertz CT molecular complexity index is 2540. The van der Waals surface area contributed by atoms with Crippen molar-refractivity contribution in [2.45, 2.75) is 75.5 Å². The molecule has 17 heteroatoms. The fourth-order valence-electron chi connectivity index (χ4n) is 10.1. The summed E-state index contributed by atoms with van der Waals surface area (Å²) in [6.45, 7) is 6.39. The molecule has 1 unspecified atom stereocenters. The number of halogens is 3. The van der Waals surface area contributed by atoms with Gasteiger partial charge in [-0.15, -0.1) is 0 Å². The third kappa shape index (κ3) is 8.16. The number of hydrogen-bond donors (Lipinski definition) is 2. The van der Waals surface area contributed by atoms with E-state index in [1.807, 2.05) is 23.0 Å². The topological polar surface area (TPSA) is 149 Å². The first-order chi connectivity index (χ1) is 29.3. The van der Waals surface area contributed by atoms with Gasteiger partial charge in [-0.25, -0.2) is 9.78 Å². The number of nitrogens with one attached hydrogen (secondary N) is 2. The number of imidazole rings is 1. The summed E-state index contributed by atoms with van der Waals surface area (Å²) < 4.78 is 50.3. The Morgan fingerprint density at radius 3 is 2.31 bits per heavy atom. The quantitative estimate of drug-likeness (QED) is 0.165. The number of benzene rings is 2. The average molecular weight is 842 g/mol. The van der Waals surface area contributed by atoms with E-state index in [1.165, 1.54) is 13.2 Å². The number of carbonyl (C=O) groups excluding carboxylic acids is 3. The van der Waals surface area contributed by atoms with Crippen LogP contribution in [0.2, 0.25) is 0 Å². The zero-order valence-corrected chi connectivity index (χ0v) is 34.3. The normalized spacial score (nSPS) is 24.2. The Morgan fingerprint density at radius 2 is 1.62 bits per heavy atom. The summed E-state index contributed by atoms with van der Waals surface area (Å²) in [4.78, 5) is 59.5. The van der Waals surface area contributed by atoms with Crippen molar-refractivity contribution in [2.24, 2.45) is 18.9 Å². The molecule has 0 bridgehead atoms. The van der Waals surface area contributed by atoms with Crippen LogP contribution in [0.15, 0.2) is 59.5 Å². The Hall–Kier alpha value is -5.55.